The van der Waals surface area contributed by atoms with E-state index in [0.29, 0.717) is 78.9 Å². The van der Waals surface area contributed by atoms with Crippen LogP contribution in [0.1, 0.15) is 117 Å². The molecule has 0 spiro atoms. The van der Waals surface area contributed by atoms with Crippen molar-refractivity contribution in [1.29, 1.82) is 0 Å². The maximum absolute atomic E-state index is 12.7. The first-order chi connectivity index (χ1) is 32.3. The number of allylic oxidation sites excluding steroid dienone is 7. The standard InChI is InChI=1S/C50H62N2O14S4/c1-48(2,3)46(53)16-9-8-10-29-51-42-25-23-38(69(60,61)62)32-40(42)49(4,5)44(51)27-17-34-14-13-15-35(47(34)66-36-19-21-37(22-20-36)68(57,58)59)18-28-45-50(6,7)41-33-39(70(63,64)65)24-26-43(41)52(45)30-11-12-31-67(54,55)56/h17-28,32-33H,8-16,29-31H2,1-7H3,(H3-,54,55,56,57,58,59,60,61,62,63,64,65)/p-3. The van der Waals surface area contributed by atoms with Crippen LogP contribution in [0.25, 0.3) is 0 Å². The number of Topliss-reactive ketones (excluding diaryl/α,β-unsaturated/α-hetero) is 1. The lowest BCUT2D eigenvalue weighted by Crippen LogP contribution is -2.28. The molecule has 0 fully saturated rings. The number of carbonyl (C=O) groups excluding carboxylic acids is 1. The number of carbonyl (C=O) groups is 1. The molecule has 0 aromatic heterocycles. The van der Waals surface area contributed by atoms with Gasteiger partial charge in [0.05, 0.1) is 30.2 Å². The Kier molecular flexibility index (Phi) is 15.9. The Labute approximate surface area is 412 Å². The third kappa shape index (κ3) is 12.6. The SMILES string of the molecule is CC(C)(C)C(=O)CCCCC[N+]1=C(/C=C/C2=C(Oc3ccc(S(=O)(=O)[O-])cc3)C(=C/C=C3/N(CCCCS(=O)(=O)[O-])c4ccc(S(=O)(=O)[O-])cc4C3(C)C)/CCC2)C(C)(C)c2cc(S(=O)(=O)[O-])ccc21. The average Bonchev–Trinajstić information content (AvgIpc) is 3.59. The average molecular weight is 1040 g/mol. The van der Waals surface area contributed by atoms with Crippen molar-refractivity contribution in [3.05, 3.63) is 119 Å². The number of nitrogens with zero attached hydrogens (tertiary/aromatic N) is 2. The van der Waals surface area contributed by atoms with Crippen LogP contribution in [0, 0.1) is 5.41 Å². The molecule has 3 aromatic rings. The molecule has 0 atom stereocenters. The molecule has 0 bridgehead atoms. The van der Waals surface area contributed by atoms with Crippen LogP contribution in [0.3, 0.4) is 0 Å². The molecule has 6 rings (SSSR count). The van der Waals surface area contributed by atoms with Crippen molar-refractivity contribution in [2.75, 3.05) is 23.7 Å². The monoisotopic (exact) mass is 1040 g/mol. The van der Waals surface area contributed by atoms with E-state index >= 15 is 0 Å². The number of unbranched alkanes of at least 4 members (excludes halogenated alkanes) is 3. The Bertz CT molecular complexity index is 3170. The van der Waals surface area contributed by atoms with Crippen molar-refractivity contribution in [2.24, 2.45) is 5.41 Å². The van der Waals surface area contributed by atoms with Crippen LogP contribution in [0.5, 0.6) is 5.75 Å². The van der Waals surface area contributed by atoms with Gasteiger partial charge in [0.1, 0.15) is 54.2 Å². The maximum atomic E-state index is 12.7. The molecule has 3 aromatic carbocycles. The summed E-state index contributed by atoms with van der Waals surface area (Å²) < 4.78 is 152. The highest BCUT2D eigenvalue weighted by molar-refractivity contribution is 7.86. The largest absolute Gasteiger partial charge is 0.748 e. The summed E-state index contributed by atoms with van der Waals surface area (Å²) in [5.41, 5.74) is 3.28. The van der Waals surface area contributed by atoms with Crippen LogP contribution < -0.4 is 9.64 Å². The highest BCUT2D eigenvalue weighted by Gasteiger charge is 2.45. The molecule has 0 saturated carbocycles. The van der Waals surface area contributed by atoms with Crippen LogP contribution in [0.2, 0.25) is 0 Å². The van der Waals surface area contributed by atoms with Gasteiger partial charge in [0, 0.05) is 65.1 Å². The van der Waals surface area contributed by atoms with E-state index in [4.69, 9.17) is 4.74 Å². The van der Waals surface area contributed by atoms with E-state index in [1.54, 1.807) is 6.07 Å². The van der Waals surface area contributed by atoms with E-state index in [2.05, 4.69) is 4.58 Å². The van der Waals surface area contributed by atoms with Crippen molar-refractivity contribution in [1.82, 2.24) is 0 Å². The normalized spacial score (nSPS) is 18.6. The third-order valence-corrected chi connectivity index (χ3v) is 16.4. The number of rotatable bonds is 19. The molecule has 0 saturated heterocycles. The van der Waals surface area contributed by atoms with Gasteiger partial charge in [-0.3, -0.25) is 4.79 Å². The molecule has 0 radical (unpaired) electrons. The van der Waals surface area contributed by atoms with Gasteiger partial charge in [0.2, 0.25) is 5.69 Å². The predicted octanol–water partition coefficient (Wildman–Crippen LogP) is 7.96. The van der Waals surface area contributed by atoms with Crippen LogP contribution in [0.15, 0.2) is 122 Å². The minimum Gasteiger partial charge on any atom is -0.748 e. The van der Waals surface area contributed by atoms with E-state index in [1.165, 1.54) is 42.5 Å². The Morgan fingerprint density at radius 1 is 0.700 bits per heavy atom. The predicted molar refractivity (Wildman–Crippen MR) is 260 cm³/mol. The van der Waals surface area contributed by atoms with Gasteiger partial charge in [0.15, 0.2) is 5.71 Å². The van der Waals surface area contributed by atoms with Crippen LogP contribution in [0.4, 0.5) is 11.4 Å². The maximum Gasteiger partial charge on any atom is 0.209 e. The number of ketones is 1. The van der Waals surface area contributed by atoms with Crippen molar-refractivity contribution in [3.63, 3.8) is 0 Å². The molecule has 380 valence electrons. The van der Waals surface area contributed by atoms with Gasteiger partial charge in [-0.05, 0) is 142 Å². The van der Waals surface area contributed by atoms with Crippen LogP contribution in [-0.4, -0.2) is 86.8 Å². The minimum atomic E-state index is -4.82. The third-order valence-electron chi connectivity index (χ3n) is 13.1. The zero-order chi connectivity index (χ0) is 51.8. The zero-order valence-electron chi connectivity index (χ0n) is 40.3. The second-order valence-corrected chi connectivity index (χ2v) is 25.6. The van der Waals surface area contributed by atoms with E-state index in [1.807, 2.05) is 77.7 Å². The molecular formula is C50H59N2O14S4-3. The fourth-order valence-corrected chi connectivity index (χ4v) is 11.3. The Balaban J connectivity index is 1.46. The number of anilines is 1. The summed E-state index contributed by atoms with van der Waals surface area (Å²) >= 11 is 0. The first kappa shape index (κ1) is 54.5. The Hall–Kier alpha value is -4.80. The Morgan fingerprint density at radius 3 is 1.90 bits per heavy atom. The molecule has 0 amide bonds. The number of hydrogen-bond donors (Lipinski definition) is 0. The van der Waals surface area contributed by atoms with Gasteiger partial charge in [-0.2, -0.15) is 4.58 Å². The molecule has 70 heavy (non-hydrogen) atoms. The summed E-state index contributed by atoms with van der Waals surface area (Å²) in [6.07, 6.45) is 12.1. The van der Waals surface area contributed by atoms with E-state index in [-0.39, 0.29) is 35.8 Å². The summed E-state index contributed by atoms with van der Waals surface area (Å²) in [7, 11) is -18.9. The smallest absolute Gasteiger partial charge is 0.209 e. The first-order valence-corrected chi connectivity index (χ1v) is 28.8. The van der Waals surface area contributed by atoms with Crippen molar-refractivity contribution < 1.29 is 66.0 Å². The fourth-order valence-electron chi connectivity index (χ4n) is 9.26. The summed E-state index contributed by atoms with van der Waals surface area (Å²) in [5.74, 6) is 0.244. The van der Waals surface area contributed by atoms with Gasteiger partial charge in [-0.15, -0.1) is 0 Å². The Morgan fingerprint density at radius 2 is 1.30 bits per heavy atom. The van der Waals surface area contributed by atoms with Gasteiger partial charge in [-0.1, -0.05) is 40.7 Å². The summed E-state index contributed by atoms with van der Waals surface area (Å²) in [5, 5.41) is 0. The molecule has 3 aliphatic rings. The minimum absolute atomic E-state index is 0.0675. The molecule has 2 aliphatic heterocycles. The lowest BCUT2D eigenvalue weighted by molar-refractivity contribution is -0.438. The molecule has 16 nitrogen and oxygen atoms in total. The lowest BCUT2D eigenvalue weighted by Gasteiger charge is -2.28. The van der Waals surface area contributed by atoms with Gasteiger partial charge >= 0.3 is 0 Å². The molecule has 2 heterocycles. The molecule has 1 aliphatic carbocycles. The summed E-state index contributed by atoms with van der Waals surface area (Å²) in [6, 6.07) is 13.5. The highest BCUT2D eigenvalue weighted by Crippen LogP contribution is 2.49. The second-order valence-electron chi connectivity index (χ2n) is 20.0. The van der Waals surface area contributed by atoms with Crippen molar-refractivity contribution in [3.8, 4) is 5.75 Å². The number of hydrogen-bond acceptors (Lipinski definition) is 15. The summed E-state index contributed by atoms with van der Waals surface area (Å²) in [4.78, 5) is 13.3. The first-order valence-electron chi connectivity index (χ1n) is 23.0. The summed E-state index contributed by atoms with van der Waals surface area (Å²) in [6.45, 7) is 14.0. The van der Waals surface area contributed by atoms with Crippen molar-refractivity contribution >= 4 is 63.3 Å². The van der Waals surface area contributed by atoms with E-state index < -0.39 is 72.3 Å². The number of ether oxygens (including phenoxy) is 1. The lowest BCUT2D eigenvalue weighted by atomic mass is 9.81. The number of fused-ring (bicyclic) bond motifs is 2. The molecule has 0 N–H and O–H groups in total. The van der Waals surface area contributed by atoms with E-state index in [0.717, 1.165) is 35.5 Å². The fraction of sp³-hybridized carbons (Fsp3) is 0.440. The second kappa shape index (κ2) is 20.4. The topological polar surface area (TPSA) is 261 Å². The van der Waals surface area contributed by atoms with Crippen molar-refractivity contribution in [2.45, 2.75) is 132 Å². The quantitative estimate of drug-likeness (QED) is 0.0626. The highest BCUT2D eigenvalue weighted by atomic mass is 32.2. The number of benzene rings is 3. The van der Waals surface area contributed by atoms with Gasteiger partial charge in [0.25, 0.3) is 0 Å². The van der Waals surface area contributed by atoms with Crippen LogP contribution in [-0.2, 0) is 56.1 Å². The zero-order valence-corrected chi connectivity index (χ0v) is 43.6. The molecular weight excluding hydrogens is 981 g/mol. The van der Waals surface area contributed by atoms with E-state index in [9.17, 15) is 56.7 Å². The molecule has 20 heteroatoms. The van der Waals surface area contributed by atoms with Gasteiger partial charge < -0.3 is 27.8 Å². The van der Waals surface area contributed by atoms with Gasteiger partial charge in [-0.25, -0.2) is 33.7 Å². The van der Waals surface area contributed by atoms with Crippen LogP contribution >= 0.6 is 0 Å². The molecule has 0 unspecified atom stereocenters.